The fraction of sp³-hybridized carbons (Fsp3) is 0.0909. The van der Waals surface area contributed by atoms with Crippen molar-refractivity contribution in [2.75, 3.05) is 17.7 Å². The van der Waals surface area contributed by atoms with Crippen LogP contribution in [0.5, 0.6) is 5.75 Å². The van der Waals surface area contributed by atoms with Crippen LogP contribution >= 0.6 is 11.6 Å². The summed E-state index contributed by atoms with van der Waals surface area (Å²) in [6.45, 7) is 1.93. The van der Waals surface area contributed by atoms with Crippen LogP contribution in [0, 0.1) is 6.92 Å². The predicted octanol–water partition coefficient (Wildman–Crippen LogP) is 5.16. The summed E-state index contributed by atoms with van der Waals surface area (Å²) in [7, 11) is 1.54. The zero-order valence-electron chi connectivity index (χ0n) is 15.5. The van der Waals surface area contributed by atoms with Crippen LogP contribution in [0.25, 0.3) is 0 Å². The Balaban J connectivity index is 1.79. The largest absolute Gasteiger partial charge is 0.495 e. The van der Waals surface area contributed by atoms with Crippen molar-refractivity contribution in [1.29, 1.82) is 0 Å². The van der Waals surface area contributed by atoms with E-state index < -0.39 is 0 Å². The Morgan fingerprint density at radius 2 is 1.46 bits per heavy atom. The molecule has 0 atom stereocenters. The summed E-state index contributed by atoms with van der Waals surface area (Å²) in [5.41, 5.74) is 2.77. The Labute approximate surface area is 168 Å². The number of carbonyl (C=O) groups is 2. The van der Waals surface area contributed by atoms with Crippen LogP contribution < -0.4 is 15.4 Å². The highest BCUT2D eigenvalue weighted by Gasteiger charge is 2.14. The number of benzene rings is 3. The van der Waals surface area contributed by atoms with E-state index in [4.69, 9.17) is 16.3 Å². The van der Waals surface area contributed by atoms with Crippen LogP contribution in [0.1, 0.15) is 26.3 Å². The predicted molar refractivity (Wildman–Crippen MR) is 112 cm³/mol. The highest BCUT2D eigenvalue weighted by molar-refractivity contribution is 6.33. The third-order valence-electron chi connectivity index (χ3n) is 4.11. The highest BCUT2D eigenvalue weighted by atomic mass is 35.5. The van der Waals surface area contributed by atoms with E-state index in [-0.39, 0.29) is 11.8 Å². The molecule has 0 aliphatic heterocycles. The molecule has 0 aliphatic carbocycles. The summed E-state index contributed by atoms with van der Waals surface area (Å²) >= 11 is 6.08. The molecule has 3 rings (SSSR count). The third-order valence-corrected chi connectivity index (χ3v) is 4.44. The van der Waals surface area contributed by atoms with Crippen molar-refractivity contribution < 1.29 is 14.3 Å². The number of aryl methyl sites for hydroxylation is 1. The van der Waals surface area contributed by atoms with E-state index in [2.05, 4.69) is 10.6 Å². The molecule has 5 nitrogen and oxygen atoms in total. The molecule has 2 N–H and O–H groups in total. The van der Waals surface area contributed by atoms with Gasteiger partial charge in [0.1, 0.15) is 5.75 Å². The Morgan fingerprint density at radius 3 is 2.11 bits per heavy atom. The average molecular weight is 395 g/mol. The summed E-state index contributed by atoms with van der Waals surface area (Å²) < 4.78 is 5.29. The molecule has 0 spiro atoms. The van der Waals surface area contributed by atoms with Gasteiger partial charge in [0, 0.05) is 11.1 Å². The molecule has 0 unspecified atom stereocenters. The maximum atomic E-state index is 12.7. The lowest BCUT2D eigenvalue weighted by Crippen LogP contribution is -2.16. The van der Waals surface area contributed by atoms with Crippen molar-refractivity contribution in [1.82, 2.24) is 0 Å². The molecule has 3 aromatic rings. The maximum absolute atomic E-state index is 12.7. The van der Waals surface area contributed by atoms with Crippen molar-refractivity contribution in [2.45, 2.75) is 6.92 Å². The van der Waals surface area contributed by atoms with Gasteiger partial charge in [0.05, 0.1) is 23.5 Å². The Hall–Kier alpha value is -3.31. The number of amides is 2. The molecule has 142 valence electrons. The van der Waals surface area contributed by atoms with Gasteiger partial charge in [0.25, 0.3) is 11.8 Å². The van der Waals surface area contributed by atoms with Crippen LogP contribution in [0.4, 0.5) is 11.4 Å². The summed E-state index contributed by atoms with van der Waals surface area (Å²) in [5.74, 6) is -0.126. The fourth-order valence-electron chi connectivity index (χ4n) is 2.67. The lowest BCUT2D eigenvalue weighted by Gasteiger charge is -2.12. The van der Waals surface area contributed by atoms with E-state index >= 15 is 0 Å². The van der Waals surface area contributed by atoms with Gasteiger partial charge in [0.15, 0.2) is 0 Å². The van der Waals surface area contributed by atoms with Gasteiger partial charge < -0.3 is 15.4 Å². The second-order valence-electron chi connectivity index (χ2n) is 6.17. The summed E-state index contributed by atoms with van der Waals surface area (Å²) in [4.78, 5) is 25.2. The minimum absolute atomic E-state index is 0.337. The Kier molecular flexibility index (Phi) is 5.96. The van der Waals surface area contributed by atoms with Crippen molar-refractivity contribution in [3.8, 4) is 5.75 Å². The first-order valence-corrected chi connectivity index (χ1v) is 8.97. The highest BCUT2D eigenvalue weighted by Crippen LogP contribution is 2.26. The minimum atomic E-state index is -0.351. The standard InChI is InChI=1S/C22H19ClN2O3/c1-14-10-11-20(28-2)19(12-14)25-22(27)16-7-5-6-15(13-16)21(26)24-18-9-4-3-8-17(18)23/h3-13H,1-2H3,(H,24,26)(H,25,27). The smallest absolute Gasteiger partial charge is 0.255 e. The van der Waals surface area contributed by atoms with Crippen LogP contribution in [0.3, 0.4) is 0 Å². The Morgan fingerprint density at radius 1 is 0.821 bits per heavy atom. The second kappa shape index (κ2) is 8.59. The molecule has 0 aliphatic rings. The van der Waals surface area contributed by atoms with Crippen molar-refractivity contribution in [3.63, 3.8) is 0 Å². The lowest BCUT2D eigenvalue weighted by molar-refractivity contribution is 0.102. The number of nitrogens with one attached hydrogen (secondary N) is 2. The number of para-hydroxylation sites is 1. The molecule has 0 radical (unpaired) electrons. The lowest BCUT2D eigenvalue weighted by atomic mass is 10.1. The maximum Gasteiger partial charge on any atom is 0.255 e. The number of methoxy groups -OCH3 is 1. The zero-order chi connectivity index (χ0) is 20.1. The minimum Gasteiger partial charge on any atom is -0.495 e. The fourth-order valence-corrected chi connectivity index (χ4v) is 2.86. The number of rotatable bonds is 5. The van der Waals surface area contributed by atoms with E-state index in [9.17, 15) is 9.59 Å². The van der Waals surface area contributed by atoms with E-state index in [1.807, 2.05) is 19.1 Å². The number of ether oxygens (including phenoxy) is 1. The summed E-state index contributed by atoms with van der Waals surface area (Å²) in [6.07, 6.45) is 0. The second-order valence-corrected chi connectivity index (χ2v) is 6.58. The van der Waals surface area contributed by atoms with Gasteiger partial charge in [0.2, 0.25) is 0 Å². The first-order chi connectivity index (χ1) is 13.5. The van der Waals surface area contributed by atoms with Gasteiger partial charge in [-0.3, -0.25) is 9.59 Å². The molecule has 0 bridgehead atoms. The number of hydrogen-bond acceptors (Lipinski definition) is 3. The molecule has 28 heavy (non-hydrogen) atoms. The van der Waals surface area contributed by atoms with Gasteiger partial charge in [-0.25, -0.2) is 0 Å². The van der Waals surface area contributed by atoms with Crippen LogP contribution in [0.15, 0.2) is 66.7 Å². The van der Waals surface area contributed by atoms with E-state index in [0.29, 0.717) is 33.3 Å². The molecule has 2 amide bonds. The van der Waals surface area contributed by atoms with Gasteiger partial charge in [-0.1, -0.05) is 35.9 Å². The first kappa shape index (κ1) is 19.5. The van der Waals surface area contributed by atoms with Crippen LogP contribution in [0.2, 0.25) is 5.02 Å². The average Bonchev–Trinajstić information content (AvgIpc) is 2.70. The molecular formula is C22H19ClN2O3. The molecule has 3 aromatic carbocycles. The topological polar surface area (TPSA) is 67.4 Å². The van der Waals surface area contributed by atoms with E-state index in [1.165, 1.54) is 6.07 Å². The number of carbonyl (C=O) groups excluding carboxylic acids is 2. The van der Waals surface area contributed by atoms with Gasteiger partial charge >= 0.3 is 0 Å². The SMILES string of the molecule is COc1ccc(C)cc1NC(=O)c1cccc(C(=O)Nc2ccccc2Cl)c1. The quantitative estimate of drug-likeness (QED) is 0.628. The van der Waals surface area contributed by atoms with Crippen LogP contribution in [-0.2, 0) is 0 Å². The third kappa shape index (κ3) is 4.50. The first-order valence-electron chi connectivity index (χ1n) is 8.60. The molecule has 0 saturated carbocycles. The zero-order valence-corrected chi connectivity index (χ0v) is 16.2. The summed E-state index contributed by atoms with van der Waals surface area (Å²) in [6, 6.07) is 18.9. The van der Waals surface area contributed by atoms with Crippen molar-refractivity contribution in [3.05, 3.63) is 88.4 Å². The van der Waals surface area contributed by atoms with E-state index in [0.717, 1.165) is 5.56 Å². The van der Waals surface area contributed by atoms with E-state index in [1.54, 1.807) is 55.6 Å². The number of anilines is 2. The molecular weight excluding hydrogens is 376 g/mol. The van der Waals surface area contributed by atoms with Gasteiger partial charge in [-0.2, -0.15) is 0 Å². The normalized spacial score (nSPS) is 10.2. The summed E-state index contributed by atoms with van der Waals surface area (Å²) in [5, 5.41) is 6.01. The molecule has 6 heteroatoms. The number of hydrogen-bond donors (Lipinski definition) is 2. The van der Waals surface area contributed by atoms with Gasteiger partial charge in [-0.05, 0) is 55.0 Å². The Bertz CT molecular complexity index is 1030. The molecule has 0 heterocycles. The molecule has 0 fully saturated rings. The van der Waals surface area contributed by atoms with Crippen molar-refractivity contribution in [2.24, 2.45) is 0 Å². The number of halogens is 1. The monoisotopic (exact) mass is 394 g/mol. The molecule has 0 saturated heterocycles. The van der Waals surface area contributed by atoms with Crippen LogP contribution in [-0.4, -0.2) is 18.9 Å². The van der Waals surface area contributed by atoms with Gasteiger partial charge in [-0.15, -0.1) is 0 Å². The van der Waals surface area contributed by atoms with Crippen molar-refractivity contribution >= 4 is 34.8 Å². The molecule has 0 aromatic heterocycles.